The van der Waals surface area contributed by atoms with Crippen LogP contribution in [0.5, 0.6) is 0 Å². The summed E-state index contributed by atoms with van der Waals surface area (Å²) in [7, 11) is 1.74. The number of hydrogen-bond donors (Lipinski definition) is 2. The molecule has 0 aliphatic heterocycles. The lowest BCUT2D eigenvalue weighted by Crippen LogP contribution is -2.25. The van der Waals surface area contributed by atoms with Gasteiger partial charge in [-0.15, -0.1) is 0 Å². The van der Waals surface area contributed by atoms with Gasteiger partial charge in [0, 0.05) is 48.1 Å². The summed E-state index contributed by atoms with van der Waals surface area (Å²) < 4.78 is 14.5. The van der Waals surface area contributed by atoms with Crippen LogP contribution in [0.4, 0.5) is 10.1 Å². The summed E-state index contributed by atoms with van der Waals surface area (Å²) >= 11 is 0. The van der Waals surface area contributed by atoms with Crippen molar-refractivity contribution in [3.8, 4) is 33.8 Å². The van der Waals surface area contributed by atoms with Crippen LogP contribution in [0.3, 0.4) is 0 Å². The highest BCUT2D eigenvalue weighted by Gasteiger charge is 2.18. The Hall–Kier alpha value is -4.92. The number of para-hydroxylation sites is 1. The van der Waals surface area contributed by atoms with E-state index in [1.807, 2.05) is 37.3 Å². The molecule has 2 aromatic carbocycles. The number of carbonyl (C=O) groups is 1. The largest absolute Gasteiger partial charge is 0.337 e. The second-order valence-corrected chi connectivity index (χ2v) is 8.70. The maximum atomic E-state index is 14.5. The molecule has 0 aliphatic carbocycles. The summed E-state index contributed by atoms with van der Waals surface area (Å²) in [5, 5.41) is 8.21. The quantitative estimate of drug-likeness (QED) is 0.320. The Morgan fingerprint density at radius 1 is 1.00 bits per heavy atom. The van der Waals surface area contributed by atoms with Crippen molar-refractivity contribution in [2.75, 3.05) is 11.9 Å². The maximum absolute atomic E-state index is 14.5. The van der Waals surface area contributed by atoms with Crippen LogP contribution in [0, 0.1) is 5.82 Å². The molecule has 1 amide bonds. The molecule has 0 saturated carbocycles. The van der Waals surface area contributed by atoms with E-state index in [1.54, 1.807) is 48.7 Å². The van der Waals surface area contributed by atoms with E-state index in [2.05, 4.69) is 25.1 Å². The number of aromatic nitrogens is 6. The SMILES string of the molecule is CCC(=O)N(C)c1cncc(-c2cnc3[nH]nc(-c4nc5c(-c6ccccc6F)cccc5[nH]4)c3c2)c1. The number of aromatic amines is 2. The average Bonchev–Trinajstić information content (AvgIpc) is 3.56. The second kappa shape index (κ2) is 8.94. The van der Waals surface area contributed by atoms with Crippen molar-refractivity contribution in [3.05, 3.63) is 79.0 Å². The van der Waals surface area contributed by atoms with Crippen molar-refractivity contribution in [2.45, 2.75) is 13.3 Å². The van der Waals surface area contributed by atoms with Gasteiger partial charge < -0.3 is 9.88 Å². The minimum atomic E-state index is -0.305. The Bertz CT molecular complexity index is 1790. The van der Waals surface area contributed by atoms with Crippen LogP contribution in [0.25, 0.3) is 55.8 Å². The third kappa shape index (κ3) is 3.90. The smallest absolute Gasteiger partial charge is 0.226 e. The van der Waals surface area contributed by atoms with Gasteiger partial charge in [-0.3, -0.25) is 14.9 Å². The highest BCUT2D eigenvalue weighted by atomic mass is 19.1. The number of H-pyrrole nitrogens is 2. The zero-order chi connectivity index (χ0) is 25.5. The van der Waals surface area contributed by atoms with Crippen LogP contribution in [-0.2, 0) is 4.79 Å². The first-order valence-electron chi connectivity index (χ1n) is 11.8. The fraction of sp³-hybridized carbons (Fsp3) is 0.107. The Kier molecular flexibility index (Phi) is 5.45. The van der Waals surface area contributed by atoms with Crippen molar-refractivity contribution < 1.29 is 9.18 Å². The van der Waals surface area contributed by atoms with Crippen molar-refractivity contribution in [3.63, 3.8) is 0 Å². The number of nitrogens with zero attached hydrogens (tertiary/aromatic N) is 5. The summed E-state index contributed by atoms with van der Waals surface area (Å²) in [4.78, 5) is 30.7. The third-order valence-corrected chi connectivity index (χ3v) is 6.44. The van der Waals surface area contributed by atoms with Crippen LogP contribution >= 0.6 is 0 Å². The maximum Gasteiger partial charge on any atom is 0.226 e. The number of benzene rings is 2. The van der Waals surface area contributed by atoms with Crippen LogP contribution in [-0.4, -0.2) is 43.1 Å². The highest BCUT2D eigenvalue weighted by molar-refractivity contribution is 5.97. The summed E-state index contributed by atoms with van der Waals surface area (Å²) in [5.74, 6) is 0.245. The molecule has 0 unspecified atom stereocenters. The van der Waals surface area contributed by atoms with E-state index in [0.717, 1.165) is 22.0 Å². The first-order valence-corrected chi connectivity index (χ1v) is 11.8. The van der Waals surface area contributed by atoms with E-state index in [9.17, 15) is 9.18 Å². The number of imidazole rings is 1. The molecule has 6 rings (SSSR count). The minimum absolute atomic E-state index is 0.00397. The van der Waals surface area contributed by atoms with Gasteiger partial charge in [-0.25, -0.2) is 14.4 Å². The molecule has 182 valence electrons. The standard InChI is InChI=1S/C28H22FN7O/c1-3-24(37)36(2)18-11-16(13-30-15-18)17-12-21-26(34-35-27(21)31-14-17)28-32-23-10-6-8-20(25(23)33-28)19-7-4-5-9-22(19)29/h4-15H,3H2,1-2H3,(H,32,33)(H,31,34,35). The molecule has 4 heterocycles. The summed E-state index contributed by atoms with van der Waals surface area (Å²) in [6.45, 7) is 1.83. The van der Waals surface area contributed by atoms with Gasteiger partial charge in [-0.2, -0.15) is 5.10 Å². The molecule has 8 nitrogen and oxygen atoms in total. The van der Waals surface area contributed by atoms with E-state index in [0.29, 0.717) is 45.9 Å². The Balaban J connectivity index is 1.44. The predicted octanol–water partition coefficient (Wildman–Crippen LogP) is 5.74. The lowest BCUT2D eigenvalue weighted by atomic mass is 10.0. The van der Waals surface area contributed by atoms with E-state index in [-0.39, 0.29) is 11.7 Å². The number of amides is 1. The van der Waals surface area contributed by atoms with Gasteiger partial charge in [0.1, 0.15) is 11.5 Å². The van der Waals surface area contributed by atoms with Crippen molar-refractivity contribution in [1.82, 2.24) is 30.1 Å². The number of fused-ring (bicyclic) bond motifs is 2. The molecule has 6 aromatic rings. The molecule has 37 heavy (non-hydrogen) atoms. The number of pyridine rings is 2. The highest BCUT2D eigenvalue weighted by Crippen LogP contribution is 2.33. The lowest BCUT2D eigenvalue weighted by molar-refractivity contribution is -0.118. The topological polar surface area (TPSA) is 103 Å². The number of hydrogen-bond acceptors (Lipinski definition) is 5. The fourth-order valence-electron chi connectivity index (χ4n) is 4.43. The third-order valence-electron chi connectivity index (χ3n) is 6.44. The molecule has 0 bridgehead atoms. The van der Waals surface area contributed by atoms with Gasteiger partial charge in [0.15, 0.2) is 11.5 Å². The Morgan fingerprint density at radius 3 is 2.65 bits per heavy atom. The molecule has 0 fully saturated rings. The molecule has 0 saturated heterocycles. The zero-order valence-corrected chi connectivity index (χ0v) is 20.2. The number of halogens is 1. The molecule has 0 aliphatic rings. The van der Waals surface area contributed by atoms with E-state index >= 15 is 0 Å². The van der Waals surface area contributed by atoms with E-state index < -0.39 is 0 Å². The second-order valence-electron chi connectivity index (χ2n) is 8.70. The first kappa shape index (κ1) is 22.5. The van der Waals surface area contributed by atoms with Crippen molar-refractivity contribution in [2.24, 2.45) is 0 Å². The Labute approximate surface area is 211 Å². The van der Waals surface area contributed by atoms with Crippen LogP contribution in [0.15, 0.2) is 73.2 Å². The van der Waals surface area contributed by atoms with Crippen LogP contribution in [0.2, 0.25) is 0 Å². The monoisotopic (exact) mass is 491 g/mol. The number of rotatable bonds is 5. The van der Waals surface area contributed by atoms with Crippen LogP contribution in [0.1, 0.15) is 13.3 Å². The van der Waals surface area contributed by atoms with Gasteiger partial charge in [-0.1, -0.05) is 37.3 Å². The number of carbonyl (C=O) groups excluding carboxylic acids is 1. The van der Waals surface area contributed by atoms with Gasteiger partial charge in [0.2, 0.25) is 5.91 Å². The molecule has 0 atom stereocenters. The molecule has 9 heteroatoms. The summed E-state index contributed by atoms with van der Waals surface area (Å²) in [6.07, 6.45) is 5.54. The average molecular weight is 492 g/mol. The Morgan fingerprint density at radius 2 is 1.81 bits per heavy atom. The van der Waals surface area contributed by atoms with E-state index in [4.69, 9.17) is 4.98 Å². The van der Waals surface area contributed by atoms with Crippen molar-refractivity contribution in [1.29, 1.82) is 0 Å². The van der Waals surface area contributed by atoms with Gasteiger partial charge in [0.25, 0.3) is 0 Å². The van der Waals surface area contributed by atoms with Gasteiger partial charge in [0.05, 0.1) is 28.3 Å². The van der Waals surface area contributed by atoms with Crippen molar-refractivity contribution >= 4 is 33.7 Å². The van der Waals surface area contributed by atoms with Gasteiger partial charge >= 0.3 is 0 Å². The first-order chi connectivity index (χ1) is 18.0. The summed E-state index contributed by atoms with van der Waals surface area (Å²) in [6, 6.07) is 16.2. The van der Waals surface area contributed by atoms with E-state index in [1.165, 1.54) is 6.07 Å². The zero-order valence-electron chi connectivity index (χ0n) is 20.2. The molecular weight excluding hydrogens is 469 g/mol. The summed E-state index contributed by atoms with van der Waals surface area (Å²) in [5.41, 5.74) is 6.17. The number of anilines is 1. The molecule has 0 radical (unpaired) electrons. The predicted molar refractivity (Wildman–Crippen MR) is 141 cm³/mol. The number of nitrogens with one attached hydrogen (secondary N) is 2. The fourth-order valence-corrected chi connectivity index (χ4v) is 4.43. The lowest BCUT2D eigenvalue weighted by Gasteiger charge is -2.16. The minimum Gasteiger partial charge on any atom is -0.337 e. The van der Waals surface area contributed by atoms with Gasteiger partial charge in [-0.05, 0) is 24.3 Å². The molecule has 0 spiro atoms. The normalized spacial score (nSPS) is 11.3. The molecular formula is C28H22FN7O. The molecule has 4 aromatic heterocycles. The molecule has 2 N–H and O–H groups in total. The van der Waals surface area contributed by atoms with Crippen LogP contribution < -0.4 is 4.90 Å².